The Kier molecular flexibility index (Phi) is 4.17. The maximum Gasteiger partial charge on any atom is -0.0184 e. The minimum Gasteiger partial charge on any atom is -0.0616 e. The van der Waals surface area contributed by atoms with E-state index < -0.39 is 0 Å². The van der Waals surface area contributed by atoms with E-state index in [2.05, 4.69) is 48.5 Å². The van der Waals surface area contributed by atoms with Crippen LogP contribution in [0.4, 0.5) is 0 Å². The molecule has 2 aromatic rings. The predicted molar refractivity (Wildman–Crippen MR) is 83.2 cm³/mol. The summed E-state index contributed by atoms with van der Waals surface area (Å²) in [6.45, 7) is 0. The molecule has 0 bridgehead atoms. The van der Waals surface area contributed by atoms with Gasteiger partial charge >= 0.3 is 0 Å². The summed E-state index contributed by atoms with van der Waals surface area (Å²) in [4.78, 5) is 0. The molecular weight excluding hydrogens is 228 g/mol. The fourth-order valence-corrected chi connectivity index (χ4v) is 3.82. The first-order valence-electron chi connectivity index (χ1n) is 7.87. The lowest BCUT2D eigenvalue weighted by atomic mass is 9.82. The molecule has 0 heterocycles. The summed E-state index contributed by atoms with van der Waals surface area (Å²) >= 11 is 0. The Morgan fingerprint density at radius 3 is 1.32 bits per heavy atom. The molecule has 0 aromatic heterocycles. The van der Waals surface area contributed by atoms with Gasteiger partial charge in [-0.3, -0.25) is 0 Å². The summed E-state index contributed by atoms with van der Waals surface area (Å²) in [7, 11) is 0. The maximum atomic E-state index is 2.12. The molecule has 2 unspecified atom stereocenters. The summed E-state index contributed by atoms with van der Waals surface area (Å²) < 4.78 is 0. The highest BCUT2D eigenvalue weighted by atomic mass is 14.3. The minimum absolute atomic E-state index is 1.17. The second kappa shape index (κ2) is 6.23. The summed E-state index contributed by atoms with van der Waals surface area (Å²) in [5.74, 6) is 2.33. The molecule has 100 valence electrons. The van der Waals surface area contributed by atoms with Gasteiger partial charge in [0, 0.05) is 0 Å². The van der Waals surface area contributed by atoms with E-state index in [1.807, 2.05) is 0 Å². The molecule has 19 heavy (non-hydrogen) atoms. The van der Waals surface area contributed by atoms with Crippen LogP contribution in [0.1, 0.15) is 44.9 Å². The van der Waals surface area contributed by atoms with Crippen LogP contribution in [0.5, 0.6) is 0 Å². The van der Waals surface area contributed by atoms with Crippen LogP contribution in [0.25, 0.3) is 10.8 Å². The van der Waals surface area contributed by atoms with Crippen molar-refractivity contribution in [2.24, 2.45) is 11.8 Å². The SMILES string of the molecule is C1CCC2CCCC2C1.c1ccc2ccccc2c1. The van der Waals surface area contributed by atoms with Crippen LogP contribution in [0.15, 0.2) is 48.5 Å². The third-order valence-corrected chi connectivity index (χ3v) is 4.88. The monoisotopic (exact) mass is 252 g/mol. The number of rotatable bonds is 0. The zero-order chi connectivity index (χ0) is 12.9. The third-order valence-electron chi connectivity index (χ3n) is 4.88. The van der Waals surface area contributed by atoms with Crippen LogP contribution in [0, 0.1) is 11.8 Å². The molecule has 2 atom stereocenters. The van der Waals surface area contributed by atoms with Crippen molar-refractivity contribution < 1.29 is 0 Å². The summed E-state index contributed by atoms with van der Waals surface area (Å²) in [5.41, 5.74) is 0. The van der Waals surface area contributed by atoms with Gasteiger partial charge in [-0.25, -0.2) is 0 Å². The van der Waals surface area contributed by atoms with Crippen LogP contribution in [-0.4, -0.2) is 0 Å². The van der Waals surface area contributed by atoms with Gasteiger partial charge in [0.2, 0.25) is 0 Å². The lowest BCUT2D eigenvalue weighted by Gasteiger charge is -2.24. The van der Waals surface area contributed by atoms with Crippen molar-refractivity contribution in [2.75, 3.05) is 0 Å². The van der Waals surface area contributed by atoms with E-state index in [0.717, 1.165) is 0 Å². The first kappa shape index (κ1) is 12.7. The Balaban J connectivity index is 0.000000117. The molecule has 0 N–H and O–H groups in total. The second-order valence-corrected chi connectivity index (χ2v) is 6.08. The fourth-order valence-electron chi connectivity index (χ4n) is 3.82. The van der Waals surface area contributed by atoms with Gasteiger partial charge in [-0.05, 0) is 22.6 Å². The third kappa shape index (κ3) is 3.18. The number of hydrogen-bond donors (Lipinski definition) is 0. The highest BCUT2D eigenvalue weighted by Gasteiger charge is 2.28. The van der Waals surface area contributed by atoms with Crippen molar-refractivity contribution in [2.45, 2.75) is 44.9 Å². The molecule has 0 heteroatoms. The van der Waals surface area contributed by atoms with E-state index in [0.29, 0.717) is 0 Å². The molecule has 4 rings (SSSR count). The van der Waals surface area contributed by atoms with E-state index >= 15 is 0 Å². The topological polar surface area (TPSA) is 0 Å². The first-order chi connectivity index (χ1) is 9.43. The standard InChI is InChI=1S/C10H8.C9H16/c1-2-6-10-8-4-3-7-9(10)5-1;1-2-5-9-7-3-6-8(9)4-1/h1-8H;8-9H,1-7H2. The quantitative estimate of drug-likeness (QED) is 0.554. The molecule has 0 aliphatic heterocycles. The molecule has 2 aromatic carbocycles. The number of hydrogen-bond acceptors (Lipinski definition) is 0. The van der Waals surface area contributed by atoms with Gasteiger partial charge in [0.05, 0.1) is 0 Å². The molecule has 0 nitrogen and oxygen atoms in total. The van der Waals surface area contributed by atoms with E-state index in [9.17, 15) is 0 Å². The summed E-state index contributed by atoms with van der Waals surface area (Å²) in [5, 5.41) is 2.62. The molecule has 2 aliphatic carbocycles. The smallest absolute Gasteiger partial charge is 0.0184 e. The van der Waals surface area contributed by atoms with Crippen molar-refractivity contribution in [1.29, 1.82) is 0 Å². The van der Waals surface area contributed by atoms with Gasteiger partial charge < -0.3 is 0 Å². The van der Waals surface area contributed by atoms with Crippen LogP contribution in [0.3, 0.4) is 0 Å². The van der Waals surface area contributed by atoms with Gasteiger partial charge in [-0.15, -0.1) is 0 Å². The highest BCUT2D eigenvalue weighted by Crippen LogP contribution is 2.41. The fraction of sp³-hybridized carbons (Fsp3) is 0.474. The number of benzene rings is 2. The van der Waals surface area contributed by atoms with Gasteiger partial charge in [-0.2, -0.15) is 0 Å². The van der Waals surface area contributed by atoms with E-state index in [-0.39, 0.29) is 0 Å². The van der Waals surface area contributed by atoms with E-state index in [4.69, 9.17) is 0 Å². The van der Waals surface area contributed by atoms with Gasteiger partial charge in [-0.1, -0.05) is 93.5 Å². The average Bonchev–Trinajstić information content (AvgIpc) is 2.96. The van der Waals surface area contributed by atoms with Crippen LogP contribution in [0.2, 0.25) is 0 Å². The molecule has 0 saturated heterocycles. The normalized spacial score (nSPS) is 25.5. The molecule has 2 aliphatic rings. The summed E-state index contributed by atoms with van der Waals surface area (Å²) in [6.07, 6.45) is 10.8. The van der Waals surface area contributed by atoms with Crippen molar-refractivity contribution in [3.8, 4) is 0 Å². The molecular formula is C19H24. The Morgan fingerprint density at radius 1 is 0.526 bits per heavy atom. The molecule has 0 spiro atoms. The molecule has 0 radical (unpaired) electrons. The largest absolute Gasteiger partial charge is 0.0616 e. The van der Waals surface area contributed by atoms with Crippen molar-refractivity contribution in [1.82, 2.24) is 0 Å². The Hall–Kier alpha value is -1.30. The zero-order valence-electron chi connectivity index (χ0n) is 11.7. The van der Waals surface area contributed by atoms with Gasteiger partial charge in [0.1, 0.15) is 0 Å². The predicted octanol–water partition coefficient (Wildman–Crippen LogP) is 5.82. The van der Waals surface area contributed by atoms with Crippen LogP contribution < -0.4 is 0 Å². The highest BCUT2D eigenvalue weighted by molar-refractivity contribution is 5.81. The molecule has 0 amide bonds. The van der Waals surface area contributed by atoms with Crippen molar-refractivity contribution >= 4 is 10.8 Å². The van der Waals surface area contributed by atoms with Crippen molar-refractivity contribution in [3.05, 3.63) is 48.5 Å². The Labute approximate surface area is 116 Å². The van der Waals surface area contributed by atoms with Gasteiger partial charge in [0.15, 0.2) is 0 Å². The van der Waals surface area contributed by atoms with Crippen molar-refractivity contribution in [3.63, 3.8) is 0 Å². The van der Waals surface area contributed by atoms with Gasteiger partial charge in [0.25, 0.3) is 0 Å². The van der Waals surface area contributed by atoms with Crippen LogP contribution >= 0.6 is 0 Å². The minimum atomic E-state index is 1.17. The molecule has 2 fully saturated rings. The Bertz CT molecular complexity index is 437. The molecule has 2 saturated carbocycles. The summed E-state index contributed by atoms with van der Waals surface area (Å²) in [6, 6.07) is 16.7. The first-order valence-corrected chi connectivity index (χ1v) is 7.87. The lowest BCUT2D eigenvalue weighted by Crippen LogP contribution is -2.12. The lowest BCUT2D eigenvalue weighted by molar-refractivity contribution is 0.277. The maximum absolute atomic E-state index is 2.12. The second-order valence-electron chi connectivity index (χ2n) is 6.08. The van der Waals surface area contributed by atoms with E-state index in [1.165, 1.54) is 41.9 Å². The van der Waals surface area contributed by atoms with E-state index in [1.54, 1.807) is 25.7 Å². The Morgan fingerprint density at radius 2 is 0.895 bits per heavy atom. The zero-order valence-corrected chi connectivity index (χ0v) is 11.7. The van der Waals surface area contributed by atoms with Crippen LogP contribution in [-0.2, 0) is 0 Å². The number of fused-ring (bicyclic) bond motifs is 2. The average molecular weight is 252 g/mol.